The van der Waals surface area contributed by atoms with E-state index in [9.17, 15) is 4.79 Å². The molecule has 3 N–H and O–H groups in total. The van der Waals surface area contributed by atoms with Crippen LogP contribution in [0.4, 0.5) is 16.3 Å². The minimum atomic E-state index is -0.369. The number of rotatable bonds is 9. The van der Waals surface area contributed by atoms with E-state index in [0.717, 1.165) is 5.69 Å². The summed E-state index contributed by atoms with van der Waals surface area (Å²) >= 11 is 0. The molecule has 31 heavy (non-hydrogen) atoms. The number of hydrogen-bond donors (Lipinski definition) is 3. The van der Waals surface area contributed by atoms with Crippen molar-refractivity contribution in [3.8, 4) is 23.1 Å². The topological polar surface area (TPSA) is 124 Å². The molecule has 0 spiro atoms. The number of hydrogen-bond acceptors (Lipinski definition) is 8. The molecule has 0 radical (unpaired) electrons. The van der Waals surface area contributed by atoms with Crippen LogP contribution in [0.15, 0.2) is 36.8 Å². The van der Waals surface area contributed by atoms with Gasteiger partial charge in [0.05, 0.1) is 32.7 Å². The molecule has 11 heteroatoms. The Labute approximate surface area is 179 Å². The van der Waals surface area contributed by atoms with E-state index in [1.54, 1.807) is 22.9 Å². The number of methoxy groups -OCH3 is 3. The third kappa shape index (κ3) is 5.53. The summed E-state index contributed by atoms with van der Waals surface area (Å²) in [6.07, 6.45) is 3.29. The SMILES string of the molecule is COc1cc(NC(=O)NCCNc2cc(-n3ccc(C)n3)ncn2)cc(OC)c1OC. The number of urea groups is 1. The van der Waals surface area contributed by atoms with E-state index < -0.39 is 0 Å². The summed E-state index contributed by atoms with van der Waals surface area (Å²) < 4.78 is 17.5. The molecule has 0 aliphatic heterocycles. The summed E-state index contributed by atoms with van der Waals surface area (Å²) in [4.78, 5) is 20.6. The molecule has 0 unspecified atom stereocenters. The first-order valence-corrected chi connectivity index (χ1v) is 9.47. The van der Waals surface area contributed by atoms with Gasteiger partial charge in [-0.25, -0.2) is 19.4 Å². The van der Waals surface area contributed by atoms with Gasteiger partial charge in [-0.3, -0.25) is 0 Å². The van der Waals surface area contributed by atoms with Crippen LogP contribution in [0.25, 0.3) is 5.82 Å². The van der Waals surface area contributed by atoms with Crippen molar-refractivity contribution < 1.29 is 19.0 Å². The highest BCUT2D eigenvalue weighted by Gasteiger charge is 2.14. The highest BCUT2D eigenvalue weighted by molar-refractivity contribution is 5.90. The van der Waals surface area contributed by atoms with Crippen LogP contribution < -0.4 is 30.2 Å². The summed E-state index contributed by atoms with van der Waals surface area (Å²) in [5.41, 5.74) is 1.41. The van der Waals surface area contributed by atoms with Gasteiger partial charge < -0.3 is 30.2 Å². The van der Waals surface area contributed by atoms with Crippen molar-refractivity contribution in [2.75, 3.05) is 45.1 Å². The number of aryl methyl sites for hydroxylation is 1. The predicted molar refractivity (Wildman–Crippen MR) is 116 cm³/mol. The van der Waals surface area contributed by atoms with Gasteiger partial charge in [0, 0.05) is 37.5 Å². The van der Waals surface area contributed by atoms with Crippen LogP contribution in [0.3, 0.4) is 0 Å². The zero-order chi connectivity index (χ0) is 22.2. The van der Waals surface area contributed by atoms with Crippen molar-refractivity contribution in [3.05, 3.63) is 42.5 Å². The second kappa shape index (κ2) is 10.1. The Morgan fingerprint density at radius 1 is 1.03 bits per heavy atom. The summed E-state index contributed by atoms with van der Waals surface area (Å²) in [5.74, 6) is 2.63. The van der Waals surface area contributed by atoms with Crippen molar-refractivity contribution in [1.29, 1.82) is 0 Å². The lowest BCUT2D eigenvalue weighted by Gasteiger charge is -2.15. The molecule has 0 bridgehead atoms. The highest BCUT2D eigenvalue weighted by atomic mass is 16.5. The van der Waals surface area contributed by atoms with Gasteiger partial charge in [-0.05, 0) is 13.0 Å². The molecule has 2 aromatic heterocycles. The molecule has 3 rings (SSSR count). The van der Waals surface area contributed by atoms with Crippen LogP contribution in [0.5, 0.6) is 17.2 Å². The van der Waals surface area contributed by atoms with Gasteiger partial charge in [-0.15, -0.1) is 0 Å². The van der Waals surface area contributed by atoms with E-state index in [0.29, 0.717) is 47.7 Å². The van der Waals surface area contributed by atoms with E-state index in [1.807, 2.05) is 19.2 Å². The number of benzene rings is 1. The average Bonchev–Trinajstić information content (AvgIpc) is 3.22. The van der Waals surface area contributed by atoms with Crippen molar-refractivity contribution >= 4 is 17.5 Å². The largest absolute Gasteiger partial charge is 0.493 e. The van der Waals surface area contributed by atoms with Crippen molar-refractivity contribution in [1.82, 2.24) is 25.1 Å². The fourth-order valence-corrected chi connectivity index (χ4v) is 2.81. The number of amides is 2. The lowest BCUT2D eigenvalue weighted by atomic mass is 10.2. The molecular weight excluding hydrogens is 402 g/mol. The normalized spacial score (nSPS) is 10.3. The third-order valence-electron chi connectivity index (χ3n) is 4.25. The smallest absolute Gasteiger partial charge is 0.319 e. The molecule has 0 aliphatic rings. The number of ether oxygens (including phenoxy) is 3. The van der Waals surface area contributed by atoms with Crippen molar-refractivity contribution in [2.24, 2.45) is 0 Å². The maximum atomic E-state index is 12.2. The Balaban J connectivity index is 1.51. The highest BCUT2D eigenvalue weighted by Crippen LogP contribution is 2.39. The van der Waals surface area contributed by atoms with E-state index in [1.165, 1.54) is 27.7 Å². The standard InChI is InChI=1S/C20H25N7O4/c1-13-5-8-27(26-13)18-11-17(23-12-24-18)21-6-7-22-20(28)25-14-9-15(29-2)19(31-4)16(10-14)30-3/h5,8-12H,6-7H2,1-4H3,(H,21,23,24)(H2,22,25,28). The maximum absolute atomic E-state index is 12.2. The van der Waals surface area contributed by atoms with E-state index in [4.69, 9.17) is 14.2 Å². The van der Waals surface area contributed by atoms with Crippen LogP contribution in [-0.2, 0) is 0 Å². The maximum Gasteiger partial charge on any atom is 0.319 e. The molecule has 0 saturated carbocycles. The van der Waals surface area contributed by atoms with Gasteiger partial charge in [0.2, 0.25) is 5.75 Å². The lowest BCUT2D eigenvalue weighted by Crippen LogP contribution is -2.32. The zero-order valence-electron chi connectivity index (χ0n) is 17.8. The number of carbonyl (C=O) groups is 1. The van der Waals surface area contributed by atoms with Crippen LogP contribution >= 0.6 is 0 Å². The molecule has 1 aromatic carbocycles. The molecule has 0 saturated heterocycles. The van der Waals surface area contributed by atoms with Crippen molar-refractivity contribution in [2.45, 2.75) is 6.92 Å². The summed E-state index contributed by atoms with van der Waals surface area (Å²) in [6, 6.07) is 6.61. The lowest BCUT2D eigenvalue weighted by molar-refractivity contribution is 0.252. The quantitative estimate of drug-likeness (QED) is 0.444. The minimum absolute atomic E-state index is 0.369. The van der Waals surface area contributed by atoms with Gasteiger partial charge in [0.1, 0.15) is 12.1 Å². The van der Waals surface area contributed by atoms with Gasteiger partial charge in [-0.2, -0.15) is 5.10 Å². The van der Waals surface area contributed by atoms with E-state index >= 15 is 0 Å². The van der Waals surface area contributed by atoms with Gasteiger partial charge in [-0.1, -0.05) is 0 Å². The summed E-state index contributed by atoms with van der Waals surface area (Å²) in [5, 5.41) is 13.0. The molecule has 3 aromatic rings. The Hall–Kier alpha value is -4.02. The third-order valence-corrected chi connectivity index (χ3v) is 4.25. The molecular formula is C20H25N7O4. The van der Waals surface area contributed by atoms with Crippen LogP contribution in [0.2, 0.25) is 0 Å². The Morgan fingerprint density at radius 2 is 1.77 bits per heavy atom. The van der Waals surface area contributed by atoms with Crippen LogP contribution in [0, 0.1) is 6.92 Å². The van der Waals surface area contributed by atoms with Crippen molar-refractivity contribution in [3.63, 3.8) is 0 Å². The van der Waals surface area contributed by atoms with Gasteiger partial charge >= 0.3 is 6.03 Å². The van der Waals surface area contributed by atoms with Crippen LogP contribution in [0.1, 0.15) is 5.69 Å². The molecule has 2 amide bonds. The summed E-state index contributed by atoms with van der Waals surface area (Å²) in [7, 11) is 4.54. The minimum Gasteiger partial charge on any atom is -0.493 e. The second-order valence-corrected chi connectivity index (χ2v) is 6.38. The first-order valence-electron chi connectivity index (χ1n) is 9.47. The second-order valence-electron chi connectivity index (χ2n) is 6.38. The summed E-state index contributed by atoms with van der Waals surface area (Å²) in [6.45, 7) is 2.75. The molecule has 2 heterocycles. The Bertz CT molecular complexity index is 1010. The number of carbonyl (C=O) groups excluding carboxylic acids is 1. The molecule has 0 atom stereocenters. The fourth-order valence-electron chi connectivity index (χ4n) is 2.81. The average molecular weight is 427 g/mol. The van der Waals surface area contributed by atoms with Crippen LogP contribution in [-0.4, -0.2) is 60.2 Å². The van der Waals surface area contributed by atoms with Gasteiger partial charge in [0.15, 0.2) is 17.3 Å². The number of nitrogens with zero attached hydrogens (tertiary/aromatic N) is 4. The number of aromatic nitrogens is 4. The van der Waals surface area contributed by atoms with E-state index in [2.05, 4.69) is 31.0 Å². The number of anilines is 2. The van der Waals surface area contributed by atoms with E-state index in [-0.39, 0.29) is 6.03 Å². The zero-order valence-corrected chi connectivity index (χ0v) is 17.8. The molecule has 164 valence electrons. The number of nitrogens with one attached hydrogen (secondary N) is 3. The fraction of sp³-hybridized carbons (Fsp3) is 0.300. The Morgan fingerprint density at radius 3 is 2.39 bits per heavy atom. The van der Waals surface area contributed by atoms with Gasteiger partial charge in [0.25, 0.3) is 0 Å². The first kappa shape index (κ1) is 21.7. The molecule has 0 fully saturated rings. The monoisotopic (exact) mass is 427 g/mol. The Kier molecular flexibility index (Phi) is 7.09. The molecule has 11 nitrogen and oxygen atoms in total. The first-order chi connectivity index (χ1) is 15.0. The predicted octanol–water partition coefficient (Wildman–Crippen LogP) is 2.23. The molecule has 0 aliphatic carbocycles.